The number of carbonyl (C=O) groups is 1. The van der Waals surface area contributed by atoms with E-state index in [0.29, 0.717) is 11.8 Å². The number of hydrogen-bond acceptors (Lipinski definition) is 1. The Labute approximate surface area is 134 Å². The van der Waals surface area contributed by atoms with Crippen LogP contribution in [0, 0.1) is 5.92 Å². The first-order valence-electron chi connectivity index (χ1n) is 7.97. The number of amides is 1. The van der Waals surface area contributed by atoms with Crippen molar-refractivity contribution in [1.82, 2.24) is 9.88 Å². The van der Waals surface area contributed by atoms with Crippen molar-refractivity contribution in [3.8, 4) is 0 Å². The van der Waals surface area contributed by atoms with E-state index in [1.54, 1.807) is 0 Å². The van der Waals surface area contributed by atoms with Crippen LogP contribution in [-0.2, 0) is 4.79 Å². The summed E-state index contributed by atoms with van der Waals surface area (Å²) in [6, 6.07) is 5.92. The number of aromatic nitrogens is 1. The molecule has 2 aliphatic rings. The van der Waals surface area contributed by atoms with E-state index in [1.807, 2.05) is 23.1 Å². The fraction of sp³-hybridized carbons (Fsp3) is 0.389. The summed E-state index contributed by atoms with van der Waals surface area (Å²) >= 11 is 6.12. The number of benzene rings is 1. The van der Waals surface area contributed by atoms with Crippen molar-refractivity contribution in [2.45, 2.75) is 25.7 Å². The standard InChI is InChI=1S/C18H19ClN2O/c19-14-4-5-17-15(10-14)16(11-20-17)12-6-8-21(9-7-12)18(22)13-2-1-3-13/h4-6,10-11,13,20H,1-3,7-9H2. The molecule has 1 fully saturated rings. The highest BCUT2D eigenvalue weighted by Crippen LogP contribution is 2.33. The molecule has 1 aliphatic carbocycles. The van der Waals surface area contributed by atoms with Gasteiger partial charge in [0.15, 0.2) is 0 Å². The minimum absolute atomic E-state index is 0.293. The first kappa shape index (κ1) is 13.9. The first-order chi connectivity index (χ1) is 10.7. The van der Waals surface area contributed by atoms with Crippen molar-refractivity contribution in [1.29, 1.82) is 0 Å². The maximum atomic E-state index is 12.3. The van der Waals surface area contributed by atoms with Crippen LogP contribution < -0.4 is 0 Å². The molecule has 0 unspecified atom stereocenters. The molecule has 0 radical (unpaired) electrons. The average Bonchev–Trinajstić information content (AvgIpc) is 2.88. The number of H-pyrrole nitrogens is 1. The highest BCUT2D eigenvalue weighted by Gasteiger charge is 2.30. The summed E-state index contributed by atoms with van der Waals surface area (Å²) in [4.78, 5) is 17.6. The number of hydrogen-bond donors (Lipinski definition) is 1. The zero-order valence-electron chi connectivity index (χ0n) is 12.4. The molecule has 4 rings (SSSR count). The van der Waals surface area contributed by atoms with Crippen LogP contribution in [0.25, 0.3) is 16.5 Å². The summed E-state index contributed by atoms with van der Waals surface area (Å²) in [6.45, 7) is 1.56. The number of halogens is 1. The highest BCUT2D eigenvalue weighted by molar-refractivity contribution is 6.31. The van der Waals surface area contributed by atoms with Gasteiger partial charge in [-0.25, -0.2) is 0 Å². The van der Waals surface area contributed by atoms with Gasteiger partial charge in [-0.05, 0) is 43.0 Å². The predicted molar refractivity (Wildman–Crippen MR) is 89.8 cm³/mol. The molecule has 1 aromatic heterocycles. The molecule has 0 atom stereocenters. The second-order valence-electron chi connectivity index (χ2n) is 6.28. The molecule has 4 heteroatoms. The number of nitrogens with one attached hydrogen (secondary N) is 1. The van der Waals surface area contributed by atoms with Gasteiger partial charge in [-0.2, -0.15) is 0 Å². The maximum absolute atomic E-state index is 12.3. The quantitative estimate of drug-likeness (QED) is 0.884. The Balaban J connectivity index is 1.57. The van der Waals surface area contributed by atoms with E-state index >= 15 is 0 Å². The van der Waals surface area contributed by atoms with Crippen LogP contribution in [-0.4, -0.2) is 28.9 Å². The van der Waals surface area contributed by atoms with Crippen LogP contribution in [0.3, 0.4) is 0 Å². The first-order valence-corrected chi connectivity index (χ1v) is 8.35. The van der Waals surface area contributed by atoms with Crippen molar-refractivity contribution < 1.29 is 4.79 Å². The average molecular weight is 315 g/mol. The Bertz CT molecular complexity index is 758. The molecule has 1 saturated carbocycles. The van der Waals surface area contributed by atoms with E-state index in [9.17, 15) is 4.79 Å². The topological polar surface area (TPSA) is 36.1 Å². The smallest absolute Gasteiger partial charge is 0.225 e. The van der Waals surface area contributed by atoms with Gasteiger partial charge < -0.3 is 9.88 Å². The Kier molecular flexibility index (Phi) is 3.45. The van der Waals surface area contributed by atoms with Gasteiger partial charge in [0.1, 0.15) is 0 Å². The van der Waals surface area contributed by atoms with Crippen LogP contribution >= 0.6 is 11.6 Å². The SMILES string of the molecule is O=C(C1CCC1)N1CC=C(c2c[nH]c3ccc(Cl)cc23)CC1. The fourth-order valence-electron chi connectivity index (χ4n) is 3.39. The number of nitrogens with zero attached hydrogens (tertiary/aromatic N) is 1. The van der Waals surface area contributed by atoms with Crippen LogP contribution in [0.2, 0.25) is 5.02 Å². The van der Waals surface area contributed by atoms with Crippen molar-refractivity contribution >= 4 is 34.0 Å². The molecule has 22 heavy (non-hydrogen) atoms. The molecule has 114 valence electrons. The Morgan fingerprint density at radius 3 is 2.86 bits per heavy atom. The zero-order chi connectivity index (χ0) is 15.1. The van der Waals surface area contributed by atoms with Gasteiger partial charge in [-0.15, -0.1) is 0 Å². The van der Waals surface area contributed by atoms with Crippen LogP contribution in [0.1, 0.15) is 31.2 Å². The van der Waals surface area contributed by atoms with E-state index in [2.05, 4.69) is 17.3 Å². The summed E-state index contributed by atoms with van der Waals surface area (Å²) in [7, 11) is 0. The molecule has 1 aromatic carbocycles. The van der Waals surface area contributed by atoms with Crippen LogP contribution in [0.5, 0.6) is 0 Å². The normalized spacial score (nSPS) is 19.1. The minimum Gasteiger partial charge on any atom is -0.361 e. The van der Waals surface area contributed by atoms with Gasteiger partial charge in [-0.1, -0.05) is 24.1 Å². The van der Waals surface area contributed by atoms with Crippen LogP contribution in [0.4, 0.5) is 0 Å². The monoisotopic (exact) mass is 314 g/mol. The molecule has 1 amide bonds. The fourth-order valence-corrected chi connectivity index (χ4v) is 3.56. The summed E-state index contributed by atoms with van der Waals surface area (Å²) in [5.74, 6) is 0.644. The number of rotatable bonds is 2. The molecular weight excluding hydrogens is 296 g/mol. The lowest BCUT2D eigenvalue weighted by atomic mass is 9.84. The summed E-state index contributed by atoms with van der Waals surface area (Å²) in [5, 5.41) is 1.92. The lowest BCUT2D eigenvalue weighted by molar-refractivity contribution is -0.137. The molecular formula is C18H19ClN2O. The van der Waals surface area contributed by atoms with E-state index in [0.717, 1.165) is 48.3 Å². The third-order valence-corrected chi connectivity index (χ3v) is 5.20. The largest absolute Gasteiger partial charge is 0.361 e. The van der Waals surface area contributed by atoms with E-state index in [-0.39, 0.29) is 0 Å². The predicted octanol–water partition coefficient (Wildman–Crippen LogP) is 4.24. The summed E-state index contributed by atoms with van der Waals surface area (Å²) in [6.07, 6.45) is 8.53. The Hall–Kier alpha value is -1.74. The van der Waals surface area contributed by atoms with Crippen molar-refractivity contribution in [3.63, 3.8) is 0 Å². The van der Waals surface area contributed by atoms with Gasteiger partial charge in [0.05, 0.1) is 0 Å². The third kappa shape index (κ3) is 2.34. The maximum Gasteiger partial charge on any atom is 0.225 e. The van der Waals surface area contributed by atoms with Gasteiger partial charge in [-0.3, -0.25) is 4.79 Å². The number of fused-ring (bicyclic) bond motifs is 1. The third-order valence-electron chi connectivity index (χ3n) is 4.96. The van der Waals surface area contributed by atoms with E-state index in [4.69, 9.17) is 11.6 Å². The van der Waals surface area contributed by atoms with Crippen molar-refractivity contribution in [2.75, 3.05) is 13.1 Å². The Morgan fingerprint density at radius 2 is 2.18 bits per heavy atom. The lowest BCUT2D eigenvalue weighted by Gasteiger charge is -2.33. The van der Waals surface area contributed by atoms with E-state index < -0.39 is 0 Å². The van der Waals surface area contributed by atoms with Gasteiger partial charge in [0, 0.05) is 46.7 Å². The lowest BCUT2D eigenvalue weighted by Crippen LogP contribution is -2.41. The summed E-state index contributed by atoms with van der Waals surface area (Å²) < 4.78 is 0. The molecule has 3 nitrogen and oxygen atoms in total. The molecule has 1 aliphatic heterocycles. The van der Waals surface area contributed by atoms with Crippen molar-refractivity contribution in [3.05, 3.63) is 41.1 Å². The van der Waals surface area contributed by atoms with Crippen molar-refractivity contribution in [2.24, 2.45) is 5.92 Å². The highest BCUT2D eigenvalue weighted by atomic mass is 35.5. The molecule has 2 heterocycles. The van der Waals surface area contributed by atoms with Gasteiger partial charge in [0.2, 0.25) is 5.91 Å². The molecule has 0 saturated heterocycles. The van der Waals surface area contributed by atoms with Gasteiger partial charge >= 0.3 is 0 Å². The van der Waals surface area contributed by atoms with Gasteiger partial charge in [0.25, 0.3) is 0 Å². The Morgan fingerprint density at radius 1 is 1.32 bits per heavy atom. The molecule has 0 bridgehead atoms. The number of aromatic amines is 1. The molecule has 1 N–H and O–H groups in total. The second-order valence-corrected chi connectivity index (χ2v) is 6.72. The zero-order valence-corrected chi connectivity index (χ0v) is 13.2. The number of carbonyl (C=O) groups excluding carboxylic acids is 1. The molecule has 0 spiro atoms. The molecule has 2 aromatic rings. The minimum atomic E-state index is 0.293. The summed E-state index contributed by atoms with van der Waals surface area (Å²) in [5.41, 5.74) is 3.63. The van der Waals surface area contributed by atoms with E-state index in [1.165, 1.54) is 17.6 Å². The van der Waals surface area contributed by atoms with Crippen LogP contribution in [0.15, 0.2) is 30.5 Å². The second kappa shape index (κ2) is 5.47.